The predicted octanol–water partition coefficient (Wildman–Crippen LogP) is 5.58. The third kappa shape index (κ3) is 2.08. The highest BCUT2D eigenvalue weighted by molar-refractivity contribution is 5.26. The van der Waals surface area contributed by atoms with E-state index in [2.05, 4.69) is 33.8 Å². The molecule has 3 saturated carbocycles. The average molecular weight is 317 g/mol. The normalized spacial score (nSPS) is 55.6. The van der Waals surface area contributed by atoms with Gasteiger partial charge in [0.15, 0.2) is 0 Å². The van der Waals surface area contributed by atoms with E-state index in [4.69, 9.17) is 0 Å². The Morgan fingerprint density at radius 1 is 1.13 bits per heavy atom. The van der Waals surface area contributed by atoms with E-state index in [9.17, 15) is 5.11 Å². The predicted molar refractivity (Wildman–Crippen MR) is 96.0 cm³/mol. The fourth-order valence-corrected chi connectivity index (χ4v) is 7.90. The van der Waals surface area contributed by atoms with Gasteiger partial charge >= 0.3 is 0 Å². The molecule has 130 valence electrons. The minimum atomic E-state index is -0.186. The van der Waals surface area contributed by atoms with E-state index in [1.54, 1.807) is 5.57 Å². The summed E-state index contributed by atoms with van der Waals surface area (Å²) in [7, 11) is 0. The van der Waals surface area contributed by atoms with E-state index in [0.717, 1.165) is 30.1 Å². The van der Waals surface area contributed by atoms with Crippen molar-refractivity contribution >= 4 is 0 Å². The average Bonchev–Trinajstić information content (AvgIpc) is 2.85. The first-order valence-electron chi connectivity index (χ1n) is 10.3. The Labute approximate surface area is 142 Å². The summed E-state index contributed by atoms with van der Waals surface area (Å²) in [5.41, 5.74) is 2.61. The molecule has 0 radical (unpaired) electrons. The van der Waals surface area contributed by atoms with Crippen LogP contribution in [0, 0.1) is 40.4 Å². The SMILES string of the molecule is CC[C@H]1CC[C@H]2[C@@H]3CCC4=C[C@@H](O)CC(C)[C@]4(C)[C@H]3CC[C@]12C. The van der Waals surface area contributed by atoms with E-state index in [0.29, 0.717) is 16.7 Å². The van der Waals surface area contributed by atoms with Crippen LogP contribution in [0.4, 0.5) is 0 Å². The van der Waals surface area contributed by atoms with Crippen LogP contribution in [0.1, 0.15) is 79.1 Å². The van der Waals surface area contributed by atoms with Crippen LogP contribution in [-0.2, 0) is 0 Å². The molecule has 1 nitrogen and oxygen atoms in total. The molecule has 3 fully saturated rings. The Kier molecular flexibility index (Phi) is 3.76. The van der Waals surface area contributed by atoms with Crippen LogP contribution < -0.4 is 0 Å². The molecule has 4 rings (SSSR count). The summed E-state index contributed by atoms with van der Waals surface area (Å²) in [5, 5.41) is 10.2. The lowest BCUT2D eigenvalue weighted by molar-refractivity contribution is -0.0732. The minimum absolute atomic E-state index is 0.186. The molecule has 0 aliphatic heterocycles. The van der Waals surface area contributed by atoms with Gasteiger partial charge in [-0.15, -0.1) is 0 Å². The summed E-state index contributed by atoms with van der Waals surface area (Å²) in [6.45, 7) is 10.0. The van der Waals surface area contributed by atoms with Gasteiger partial charge in [0.05, 0.1) is 6.10 Å². The van der Waals surface area contributed by atoms with Crippen LogP contribution in [0.3, 0.4) is 0 Å². The quantitative estimate of drug-likeness (QED) is 0.626. The van der Waals surface area contributed by atoms with Gasteiger partial charge in [0.25, 0.3) is 0 Å². The molecule has 0 heterocycles. The van der Waals surface area contributed by atoms with Gasteiger partial charge in [0, 0.05) is 0 Å². The van der Waals surface area contributed by atoms with Crippen molar-refractivity contribution in [3.8, 4) is 0 Å². The maximum Gasteiger partial charge on any atom is 0.0726 e. The fourth-order valence-electron chi connectivity index (χ4n) is 7.90. The van der Waals surface area contributed by atoms with Crippen molar-refractivity contribution in [2.24, 2.45) is 40.4 Å². The number of hydrogen-bond donors (Lipinski definition) is 1. The van der Waals surface area contributed by atoms with E-state index in [1.165, 1.54) is 44.9 Å². The van der Waals surface area contributed by atoms with Gasteiger partial charge in [-0.25, -0.2) is 0 Å². The molecule has 0 aromatic heterocycles. The van der Waals surface area contributed by atoms with Crippen molar-refractivity contribution < 1.29 is 5.11 Å². The lowest BCUT2D eigenvalue weighted by atomic mass is 9.45. The van der Waals surface area contributed by atoms with Crippen LogP contribution in [-0.4, -0.2) is 11.2 Å². The Morgan fingerprint density at radius 3 is 2.65 bits per heavy atom. The van der Waals surface area contributed by atoms with Crippen LogP contribution >= 0.6 is 0 Å². The number of aliphatic hydroxyl groups is 1. The zero-order valence-electron chi connectivity index (χ0n) is 15.6. The maximum atomic E-state index is 10.2. The van der Waals surface area contributed by atoms with E-state index in [-0.39, 0.29) is 6.10 Å². The number of allylic oxidation sites excluding steroid dienone is 1. The van der Waals surface area contributed by atoms with Crippen molar-refractivity contribution in [3.05, 3.63) is 11.6 Å². The molecule has 0 aromatic carbocycles. The molecule has 0 bridgehead atoms. The zero-order valence-corrected chi connectivity index (χ0v) is 15.6. The highest BCUT2D eigenvalue weighted by Crippen LogP contribution is 2.67. The smallest absolute Gasteiger partial charge is 0.0726 e. The van der Waals surface area contributed by atoms with Gasteiger partial charge in [-0.05, 0) is 85.4 Å². The number of fused-ring (bicyclic) bond motifs is 5. The van der Waals surface area contributed by atoms with Gasteiger partial charge < -0.3 is 5.11 Å². The topological polar surface area (TPSA) is 20.2 Å². The second kappa shape index (κ2) is 5.35. The molecule has 23 heavy (non-hydrogen) atoms. The van der Waals surface area contributed by atoms with Crippen molar-refractivity contribution in [3.63, 3.8) is 0 Å². The van der Waals surface area contributed by atoms with Gasteiger partial charge in [0.1, 0.15) is 0 Å². The fraction of sp³-hybridized carbons (Fsp3) is 0.909. The monoisotopic (exact) mass is 316 g/mol. The van der Waals surface area contributed by atoms with Crippen molar-refractivity contribution in [1.29, 1.82) is 0 Å². The molecule has 0 saturated heterocycles. The number of rotatable bonds is 1. The second-order valence-corrected chi connectivity index (χ2v) is 9.82. The van der Waals surface area contributed by atoms with Crippen LogP contribution in [0.2, 0.25) is 0 Å². The number of hydrogen-bond acceptors (Lipinski definition) is 1. The molecule has 4 aliphatic carbocycles. The maximum absolute atomic E-state index is 10.2. The summed E-state index contributed by atoms with van der Waals surface area (Å²) in [6, 6.07) is 0. The molecule has 4 aliphatic rings. The van der Waals surface area contributed by atoms with Gasteiger partial charge in [-0.3, -0.25) is 0 Å². The molecule has 8 atom stereocenters. The molecule has 0 amide bonds. The molecule has 1 unspecified atom stereocenters. The van der Waals surface area contributed by atoms with E-state index in [1.807, 2.05) is 0 Å². The molecule has 1 N–H and O–H groups in total. The van der Waals surface area contributed by atoms with Crippen molar-refractivity contribution in [1.82, 2.24) is 0 Å². The molecular formula is C22H36O. The minimum Gasteiger partial charge on any atom is -0.389 e. The van der Waals surface area contributed by atoms with Gasteiger partial charge in [0.2, 0.25) is 0 Å². The van der Waals surface area contributed by atoms with Crippen molar-refractivity contribution in [2.75, 3.05) is 0 Å². The standard InChI is InChI=1S/C22H36O/c1-5-15-7-9-19-18-8-6-16-13-17(23)12-14(2)22(16,4)20(18)10-11-21(15,19)3/h13-15,17-20,23H,5-12H2,1-4H3/t14?,15-,17-,18-,19-,20-,21+,22-/m0/s1. The van der Waals surface area contributed by atoms with Crippen LogP contribution in [0.25, 0.3) is 0 Å². The zero-order chi connectivity index (χ0) is 16.4. The summed E-state index contributed by atoms with van der Waals surface area (Å²) >= 11 is 0. The van der Waals surface area contributed by atoms with Gasteiger partial charge in [-0.1, -0.05) is 45.8 Å². The molecule has 1 heteroatoms. The largest absolute Gasteiger partial charge is 0.389 e. The highest BCUT2D eigenvalue weighted by Gasteiger charge is 2.59. The second-order valence-electron chi connectivity index (χ2n) is 9.82. The summed E-state index contributed by atoms with van der Waals surface area (Å²) in [6.07, 6.45) is 12.9. The summed E-state index contributed by atoms with van der Waals surface area (Å²) in [4.78, 5) is 0. The Bertz CT molecular complexity index is 508. The first-order chi connectivity index (χ1) is 10.9. The highest BCUT2D eigenvalue weighted by atomic mass is 16.3. The lowest BCUT2D eigenvalue weighted by Crippen LogP contribution is -2.53. The summed E-state index contributed by atoms with van der Waals surface area (Å²) in [5.74, 6) is 4.41. The first-order valence-corrected chi connectivity index (χ1v) is 10.3. The molecule has 0 aromatic rings. The Balaban J connectivity index is 1.68. The molecule has 0 spiro atoms. The van der Waals surface area contributed by atoms with E-state index < -0.39 is 0 Å². The van der Waals surface area contributed by atoms with E-state index >= 15 is 0 Å². The van der Waals surface area contributed by atoms with Crippen molar-refractivity contribution in [2.45, 2.75) is 85.2 Å². The van der Waals surface area contributed by atoms with Crippen LogP contribution in [0.5, 0.6) is 0 Å². The third-order valence-corrected chi connectivity index (χ3v) is 9.35. The Morgan fingerprint density at radius 2 is 1.91 bits per heavy atom. The first kappa shape index (κ1) is 16.2. The number of aliphatic hydroxyl groups excluding tert-OH is 1. The summed E-state index contributed by atoms with van der Waals surface area (Å²) < 4.78 is 0. The Hall–Kier alpha value is -0.300. The van der Waals surface area contributed by atoms with Gasteiger partial charge in [-0.2, -0.15) is 0 Å². The van der Waals surface area contributed by atoms with Crippen LogP contribution in [0.15, 0.2) is 11.6 Å². The third-order valence-electron chi connectivity index (χ3n) is 9.35. The lowest BCUT2D eigenvalue weighted by Gasteiger charge is -2.60. The molecular weight excluding hydrogens is 280 g/mol.